The zero-order valence-electron chi connectivity index (χ0n) is 9.80. The summed E-state index contributed by atoms with van der Waals surface area (Å²) in [4.78, 5) is 11.2. The van der Waals surface area contributed by atoms with Crippen molar-refractivity contribution < 1.29 is 28.0 Å². The van der Waals surface area contributed by atoms with Gasteiger partial charge in [-0.05, 0) is 11.5 Å². The van der Waals surface area contributed by atoms with Crippen molar-refractivity contribution in [3.63, 3.8) is 0 Å². The molecule has 1 atom stereocenters. The van der Waals surface area contributed by atoms with Gasteiger partial charge in [-0.25, -0.2) is 8.42 Å². The molecule has 0 aromatic heterocycles. The van der Waals surface area contributed by atoms with Crippen LogP contribution in [0.2, 0.25) is 0 Å². The van der Waals surface area contributed by atoms with E-state index in [1.165, 1.54) is 13.8 Å². The molecule has 96 valence electrons. The molecule has 0 aliphatic rings. The Morgan fingerprint density at radius 1 is 1.47 bits per heavy atom. The summed E-state index contributed by atoms with van der Waals surface area (Å²) in [6.07, 6.45) is -1.72. The molecule has 7 nitrogen and oxygen atoms in total. The third kappa shape index (κ3) is 8.30. The molecule has 0 aliphatic carbocycles. The van der Waals surface area contributed by atoms with E-state index in [1.54, 1.807) is 0 Å². The van der Waals surface area contributed by atoms with Crippen LogP contribution in [0.3, 0.4) is 0 Å². The Balaban J connectivity index is 0. The first-order valence-corrected chi connectivity index (χ1v) is 6.16. The second-order valence-electron chi connectivity index (χ2n) is 4.08. The van der Waals surface area contributed by atoms with Gasteiger partial charge < -0.3 is 20.1 Å². The number of carbonyl (C=O) groups is 1. The minimum atomic E-state index is -4.40. The van der Waals surface area contributed by atoms with Crippen LogP contribution in [-0.2, 0) is 14.9 Å². The normalized spacial score (nSPS) is 13.7. The molecule has 0 radical (unpaired) electrons. The van der Waals surface area contributed by atoms with Gasteiger partial charge in [0.25, 0.3) is 0 Å². The Morgan fingerprint density at radius 3 is 2.29 bits per heavy atom. The van der Waals surface area contributed by atoms with Crippen molar-refractivity contribution in [2.75, 3.05) is 18.9 Å². The second kappa shape index (κ2) is 7.88. The van der Waals surface area contributed by atoms with Gasteiger partial charge in [0.2, 0.25) is 5.91 Å². The van der Waals surface area contributed by atoms with Crippen LogP contribution in [0.5, 0.6) is 0 Å². The molecule has 0 rings (SSSR count). The van der Waals surface area contributed by atoms with E-state index in [9.17, 15) is 22.9 Å². The Bertz CT molecular complexity index is 342. The predicted octanol–water partition coefficient (Wildman–Crippen LogP) is -2.99. The van der Waals surface area contributed by atoms with E-state index in [0.29, 0.717) is 0 Å². The van der Waals surface area contributed by atoms with Crippen molar-refractivity contribution in [2.24, 2.45) is 5.41 Å². The molecule has 0 bridgehead atoms. The summed E-state index contributed by atoms with van der Waals surface area (Å²) < 4.78 is 30.6. The number of amides is 1. The fourth-order valence-electron chi connectivity index (χ4n) is 0.830. The van der Waals surface area contributed by atoms with Crippen molar-refractivity contribution >= 4 is 53.8 Å². The van der Waals surface area contributed by atoms with E-state index in [4.69, 9.17) is 5.11 Å². The monoisotopic (exact) mass is 293 g/mol. The maximum absolute atomic E-state index is 11.4. The fraction of sp³-hybridized carbons (Fsp3) is 0.875. The van der Waals surface area contributed by atoms with Crippen molar-refractivity contribution in [3.05, 3.63) is 0 Å². The Morgan fingerprint density at radius 2 is 1.94 bits per heavy atom. The van der Waals surface area contributed by atoms with E-state index < -0.39 is 46.4 Å². The van der Waals surface area contributed by atoms with Gasteiger partial charge >= 0.3 is 37.7 Å². The predicted molar refractivity (Wildman–Crippen MR) is 58.0 cm³/mol. The van der Waals surface area contributed by atoms with Gasteiger partial charge in [0.15, 0.2) is 0 Å². The summed E-state index contributed by atoms with van der Waals surface area (Å²) >= 11 is 0. The SMILES string of the molecule is CC(C)(CO)[C@@H]([O-])C(=O)NCCS(=O)(=O)[O-].[Ca+2]. The molecule has 17 heavy (non-hydrogen) atoms. The van der Waals surface area contributed by atoms with Crippen molar-refractivity contribution in [1.29, 1.82) is 0 Å². The molecule has 2 N–H and O–H groups in total. The average molecular weight is 293 g/mol. The summed E-state index contributed by atoms with van der Waals surface area (Å²) in [6, 6.07) is 0. The van der Waals surface area contributed by atoms with E-state index in [0.717, 1.165) is 0 Å². The zero-order valence-corrected chi connectivity index (χ0v) is 12.8. The molecule has 1 amide bonds. The summed E-state index contributed by atoms with van der Waals surface area (Å²) in [7, 11) is -4.40. The molecule has 0 spiro atoms. The van der Waals surface area contributed by atoms with Crippen molar-refractivity contribution in [3.8, 4) is 0 Å². The van der Waals surface area contributed by atoms with Gasteiger partial charge in [-0.3, -0.25) is 4.79 Å². The standard InChI is InChI=1S/C8H16NO6S.Ca/c1-8(2,5-10)6(11)7(12)9-3-4-16(13,14)15;/h6,10H,3-5H2,1-2H3,(H,9,12)(H,13,14,15);/q-1;+2/p-1/t6-;/m0./s1. The molecule has 0 saturated carbocycles. The van der Waals surface area contributed by atoms with Gasteiger partial charge in [0.05, 0.1) is 15.9 Å². The van der Waals surface area contributed by atoms with Crippen LogP contribution in [0.1, 0.15) is 13.8 Å². The van der Waals surface area contributed by atoms with Crippen LogP contribution < -0.4 is 10.4 Å². The number of hydrogen-bond acceptors (Lipinski definition) is 6. The molecule has 0 unspecified atom stereocenters. The third-order valence-corrected chi connectivity index (χ3v) is 2.71. The number of aliphatic hydroxyl groups is 1. The Hall–Kier alpha value is 0.560. The summed E-state index contributed by atoms with van der Waals surface area (Å²) in [6.45, 7) is 1.96. The van der Waals surface area contributed by atoms with E-state index >= 15 is 0 Å². The molecule has 9 heteroatoms. The van der Waals surface area contributed by atoms with E-state index in [1.807, 2.05) is 5.32 Å². The summed E-state index contributed by atoms with van der Waals surface area (Å²) in [5.41, 5.74) is -1.14. The number of rotatable bonds is 6. The maximum Gasteiger partial charge on any atom is 2.00 e. The van der Waals surface area contributed by atoms with E-state index in [2.05, 4.69) is 0 Å². The minimum Gasteiger partial charge on any atom is -0.845 e. The summed E-state index contributed by atoms with van der Waals surface area (Å²) in [5, 5.41) is 22.3. The smallest absolute Gasteiger partial charge is 0.845 e. The topological polar surface area (TPSA) is 130 Å². The molecule has 0 aromatic rings. The van der Waals surface area contributed by atoms with Crippen LogP contribution in [0.25, 0.3) is 0 Å². The van der Waals surface area contributed by atoms with Crippen molar-refractivity contribution in [2.45, 2.75) is 20.0 Å². The zero-order chi connectivity index (χ0) is 13.0. The van der Waals surface area contributed by atoms with Crippen LogP contribution in [0, 0.1) is 5.41 Å². The number of aliphatic hydroxyl groups excluding tert-OH is 1. The Labute approximate surface area is 130 Å². The van der Waals surface area contributed by atoms with Crippen LogP contribution in [0.15, 0.2) is 0 Å². The number of nitrogens with one attached hydrogen (secondary N) is 1. The molecular weight excluding hydrogens is 278 g/mol. The molecule has 0 aromatic carbocycles. The third-order valence-electron chi connectivity index (χ3n) is 2.01. The van der Waals surface area contributed by atoms with Crippen molar-refractivity contribution in [1.82, 2.24) is 5.32 Å². The average Bonchev–Trinajstić information content (AvgIpc) is 2.14. The first kappa shape index (κ1) is 19.9. The number of carbonyl (C=O) groups excluding carboxylic acids is 1. The molecule has 0 saturated heterocycles. The van der Waals surface area contributed by atoms with Gasteiger partial charge in [-0.1, -0.05) is 13.8 Å². The van der Waals surface area contributed by atoms with Gasteiger partial charge in [0.1, 0.15) is 0 Å². The van der Waals surface area contributed by atoms with Gasteiger partial charge in [-0.2, -0.15) is 0 Å². The van der Waals surface area contributed by atoms with Crippen LogP contribution in [-0.4, -0.2) is 86.7 Å². The van der Waals surface area contributed by atoms with E-state index in [-0.39, 0.29) is 37.7 Å². The molecule has 0 aliphatic heterocycles. The quantitative estimate of drug-likeness (QED) is 0.397. The number of hydrogen-bond donors (Lipinski definition) is 2. The van der Waals surface area contributed by atoms with Gasteiger partial charge in [-0.15, -0.1) is 0 Å². The summed E-state index contributed by atoms with van der Waals surface area (Å²) in [5.74, 6) is -1.69. The first-order valence-electron chi connectivity index (χ1n) is 4.58. The fourth-order valence-corrected chi connectivity index (χ4v) is 1.18. The Kier molecular flexibility index (Phi) is 9.22. The minimum absolute atomic E-state index is 0. The van der Waals surface area contributed by atoms with Crippen LogP contribution in [0.4, 0.5) is 0 Å². The van der Waals surface area contributed by atoms with Gasteiger partial charge in [0, 0.05) is 13.2 Å². The van der Waals surface area contributed by atoms with Crippen LogP contribution >= 0.6 is 0 Å². The first-order chi connectivity index (χ1) is 7.10. The molecule has 0 fully saturated rings. The molecule has 0 heterocycles. The molecular formula is C8H15CaNO6S. The second-order valence-corrected chi connectivity index (χ2v) is 5.60. The maximum atomic E-state index is 11.4. The largest absolute Gasteiger partial charge is 2.00 e.